The van der Waals surface area contributed by atoms with Gasteiger partial charge in [-0.2, -0.15) is 0 Å². The minimum Gasteiger partial charge on any atom is -0.478 e. The molecule has 0 aromatic heterocycles. The second-order valence-electron chi connectivity index (χ2n) is 5.87. The summed E-state index contributed by atoms with van der Waals surface area (Å²) < 4.78 is 24.0. The molecule has 8 heteroatoms. The van der Waals surface area contributed by atoms with Gasteiger partial charge in [0.15, 0.2) is 0 Å². The van der Waals surface area contributed by atoms with Crippen LogP contribution in [0.5, 0.6) is 0 Å². The fourth-order valence-electron chi connectivity index (χ4n) is 2.47. The van der Waals surface area contributed by atoms with Gasteiger partial charge in [-0.3, -0.25) is 0 Å². The van der Waals surface area contributed by atoms with Crippen LogP contribution in [0.2, 0.25) is 0 Å². The Labute approximate surface area is 153 Å². The molecule has 5 N–H and O–H groups in total. The van der Waals surface area contributed by atoms with Gasteiger partial charge in [-0.15, -0.1) is 0 Å². The third-order valence-electron chi connectivity index (χ3n) is 3.81. The smallest absolute Gasteiger partial charge is 0.335 e. The first-order valence-corrected chi connectivity index (χ1v) is 9.83. The van der Waals surface area contributed by atoms with E-state index in [2.05, 4.69) is 10.6 Å². The van der Waals surface area contributed by atoms with Crippen LogP contribution in [0.25, 0.3) is 0 Å². The highest BCUT2D eigenvalue weighted by Crippen LogP contribution is 2.32. The number of nitrogens with one attached hydrogen (secondary N) is 2. The average molecular weight is 377 g/mol. The number of unbranched alkanes of at least 4 members (excludes halogenated alkanes) is 1. The molecule has 26 heavy (non-hydrogen) atoms. The lowest BCUT2D eigenvalue weighted by atomic mass is 10.1. The number of hydrogen-bond donors (Lipinski definition) is 4. The lowest BCUT2D eigenvalue weighted by molar-refractivity contribution is 0.0696. The summed E-state index contributed by atoms with van der Waals surface area (Å²) in [6.45, 7) is 2.98. The minimum atomic E-state index is -4.10. The summed E-state index contributed by atoms with van der Waals surface area (Å²) in [6.07, 6.45) is 1.76. The number of carbonyl (C=O) groups is 1. The van der Waals surface area contributed by atoms with Gasteiger partial charge in [0.25, 0.3) is 0 Å². The highest BCUT2D eigenvalue weighted by Gasteiger charge is 2.21. The van der Waals surface area contributed by atoms with Crippen LogP contribution in [0.1, 0.15) is 35.7 Å². The maximum Gasteiger partial charge on any atom is 0.335 e. The van der Waals surface area contributed by atoms with Crippen molar-refractivity contribution in [2.24, 2.45) is 5.14 Å². The molecule has 7 nitrogen and oxygen atoms in total. The zero-order valence-corrected chi connectivity index (χ0v) is 15.3. The molecule has 2 aromatic rings. The molecule has 0 aliphatic carbocycles. The molecule has 140 valence electrons. The van der Waals surface area contributed by atoms with Gasteiger partial charge >= 0.3 is 5.97 Å². The number of aromatic carboxylic acids is 1. The van der Waals surface area contributed by atoms with E-state index in [9.17, 15) is 18.3 Å². The average Bonchev–Trinajstić information content (AvgIpc) is 2.60. The molecule has 0 radical (unpaired) electrons. The third-order valence-corrected chi connectivity index (χ3v) is 4.75. The normalized spacial score (nSPS) is 11.2. The van der Waals surface area contributed by atoms with Crippen molar-refractivity contribution in [3.05, 3.63) is 53.6 Å². The van der Waals surface area contributed by atoms with Gasteiger partial charge in [0, 0.05) is 13.1 Å². The Bertz CT molecular complexity index is 868. The van der Waals surface area contributed by atoms with E-state index < -0.39 is 16.0 Å². The van der Waals surface area contributed by atoms with E-state index in [1.165, 1.54) is 6.07 Å². The molecule has 0 saturated heterocycles. The number of anilines is 2. The van der Waals surface area contributed by atoms with Crippen molar-refractivity contribution in [1.29, 1.82) is 0 Å². The molecular weight excluding hydrogens is 354 g/mol. The Morgan fingerprint density at radius 2 is 1.85 bits per heavy atom. The molecule has 0 bridgehead atoms. The van der Waals surface area contributed by atoms with Gasteiger partial charge in [-0.1, -0.05) is 43.7 Å². The van der Waals surface area contributed by atoms with Crippen LogP contribution in [0.4, 0.5) is 11.4 Å². The third kappa shape index (κ3) is 5.21. The highest BCUT2D eigenvalue weighted by atomic mass is 32.2. The van der Waals surface area contributed by atoms with E-state index in [1.54, 1.807) is 0 Å². The van der Waals surface area contributed by atoms with E-state index in [-0.39, 0.29) is 10.5 Å². The van der Waals surface area contributed by atoms with Crippen LogP contribution in [0.15, 0.2) is 47.4 Å². The number of rotatable bonds is 9. The number of primary sulfonamides is 1. The Kier molecular flexibility index (Phi) is 6.59. The lowest BCUT2D eigenvalue weighted by Crippen LogP contribution is -2.18. The molecular formula is C18H23N3O4S. The van der Waals surface area contributed by atoms with Crippen molar-refractivity contribution in [2.45, 2.75) is 31.2 Å². The van der Waals surface area contributed by atoms with E-state index in [0.29, 0.717) is 24.5 Å². The fourth-order valence-corrected chi connectivity index (χ4v) is 3.23. The van der Waals surface area contributed by atoms with Crippen molar-refractivity contribution in [2.75, 3.05) is 17.2 Å². The predicted octanol–water partition coefficient (Wildman–Crippen LogP) is 2.86. The van der Waals surface area contributed by atoms with Crippen molar-refractivity contribution < 1.29 is 18.3 Å². The number of sulfonamides is 1. The number of hydrogen-bond acceptors (Lipinski definition) is 5. The predicted molar refractivity (Wildman–Crippen MR) is 102 cm³/mol. The molecule has 0 heterocycles. The summed E-state index contributed by atoms with van der Waals surface area (Å²) in [5.74, 6) is -1.22. The summed E-state index contributed by atoms with van der Waals surface area (Å²) in [6, 6.07) is 12.0. The first-order chi connectivity index (χ1) is 12.3. The molecule has 0 aliphatic heterocycles. The highest BCUT2D eigenvalue weighted by molar-refractivity contribution is 7.89. The van der Waals surface area contributed by atoms with Gasteiger partial charge in [0.05, 0.1) is 16.9 Å². The van der Waals surface area contributed by atoms with Crippen LogP contribution < -0.4 is 15.8 Å². The minimum absolute atomic E-state index is 0.148. The second-order valence-corrected chi connectivity index (χ2v) is 7.40. The summed E-state index contributed by atoms with van der Waals surface area (Å²) in [5.41, 5.74) is 1.51. The quantitative estimate of drug-likeness (QED) is 0.499. The maximum atomic E-state index is 12.0. The first-order valence-electron chi connectivity index (χ1n) is 8.28. The molecule has 0 aliphatic rings. The van der Waals surface area contributed by atoms with Crippen molar-refractivity contribution >= 4 is 27.4 Å². The van der Waals surface area contributed by atoms with Crippen LogP contribution >= 0.6 is 0 Å². The van der Waals surface area contributed by atoms with Crippen LogP contribution in [-0.4, -0.2) is 26.0 Å². The summed E-state index contributed by atoms with van der Waals surface area (Å²) in [4.78, 5) is 11.2. The van der Waals surface area contributed by atoms with Gasteiger partial charge in [-0.25, -0.2) is 18.4 Å². The topological polar surface area (TPSA) is 122 Å². The number of nitrogens with two attached hydrogens (primary N) is 1. The summed E-state index contributed by atoms with van der Waals surface area (Å²) >= 11 is 0. The van der Waals surface area contributed by atoms with E-state index in [1.807, 2.05) is 37.3 Å². The Balaban J connectivity index is 2.46. The monoisotopic (exact) mass is 377 g/mol. The first kappa shape index (κ1) is 19.7. The molecule has 0 unspecified atom stereocenters. The van der Waals surface area contributed by atoms with Crippen molar-refractivity contribution in [1.82, 2.24) is 0 Å². The largest absolute Gasteiger partial charge is 0.478 e. The fraction of sp³-hybridized carbons (Fsp3) is 0.278. The van der Waals surface area contributed by atoms with Crippen LogP contribution in [0.3, 0.4) is 0 Å². The van der Waals surface area contributed by atoms with Crippen molar-refractivity contribution in [3.8, 4) is 0 Å². The van der Waals surface area contributed by atoms with Gasteiger partial charge in [-0.05, 0) is 24.1 Å². The summed E-state index contributed by atoms with van der Waals surface area (Å²) in [7, 11) is -4.10. The van der Waals surface area contributed by atoms with Crippen LogP contribution in [-0.2, 0) is 16.6 Å². The van der Waals surface area contributed by atoms with Gasteiger partial charge < -0.3 is 15.7 Å². The number of benzene rings is 2. The molecule has 2 aromatic carbocycles. The zero-order chi connectivity index (χ0) is 19.2. The van der Waals surface area contributed by atoms with Crippen LogP contribution in [0, 0.1) is 0 Å². The van der Waals surface area contributed by atoms with Gasteiger partial charge in [0.1, 0.15) is 4.90 Å². The molecule has 0 saturated carbocycles. The van der Waals surface area contributed by atoms with Gasteiger partial charge in [0.2, 0.25) is 10.0 Å². The Hall–Kier alpha value is -2.58. The second kappa shape index (κ2) is 8.68. The molecule has 0 atom stereocenters. The molecule has 0 fully saturated rings. The standard InChI is InChI=1S/C18H23N3O4S/c1-2-3-9-20-17-15(21-12-13-7-5-4-6-8-13)10-14(18(22)23)11-16(17)26(19,24)25/h4-8,10-11,20-21H,2-3,9,12H2,1H3,(H,22,23)(H2,19,24,25). The zero-order valence-electron chi connectivity index (χ0n) is 14.5. The molecule has 0 spiro atoms. The number of carboxylic acids is 1. The maximum absolute atomic E-state index is 12.0. The van der Waals surface area contributed by atoms with E-state index in [0.717, 1.165) is 24.5 Å². The Morgan fingerprint density at radius 1 is 1.15 bits per heavy atom. The van der Waals surface area contributed by atoms with Crippen molar-refractivity contribution in [3.63, 3.8) is 0 Å². The number of carboxylic acid groups (broad SMARTS) is 1. The van der Waals surface area contributed by atoms with E-state index >= 15 is 0 Å². The molecule has 0 amide bonds. The Morgan fingerprint density at radius 3 is 2.42 bits per heavy atom. The SMILES string of the molecule is CCCCNc1c(NCc2ccccc2)cc(C(=O)O)cc1S(N)(=O)=O. The molecule has 2 rings (SSSR count). The van der Waals surface area contributed by atoms with E-state index in [4.69, 9.17) is 5.14 Å². The lowest BCUT2D eigenvalue weighted by Gasteiger charge is -2.18. The summed E-state index contributed by atoms with van der Waals surface area (Å²) in [5, 5.41) is 20.8.